The predicted octanol–water partition coefficient (Wildman–Crippen LogP) is 17.1. The third-order valence-electron chi connectivity index (χ3n) is 14.1. The van der Waals surface area contributed by atoms with Gasteiger partial charge in [0, 0.05) is 55.0 Å². The van der Waals surface area contributed by atoms with Gasteiger partial charge in [-0.1, -0.05) is 223 Å². The zero-order valence-electron chi connectivity index (χ0n) is 38.6. The fraction of sp³-hybridized carbons (Fsp3) is 0. The van der Waals surface area contributed by atoms with Crippen LogP contribution >= 0.6 is 23.2 Å². The van der Waals surface area contributed by atoms with Gasteiger partial charge in [0.2, 0.25) is 0 Å². The fourth-order valence-electron chi connectivity index (χ4n) is 11.1. The molecule has 0 aromatic heterocycles. The summed E-state index contributed by atoms with van der Waals surface area (Å²) in [7, 11) is 0. The van der Waals surface area contributed by atoms with Gasteiger partial charge < -0.3 is 9.80 Å². The van der Waals surface area contributed by atoms with E-state index in [1.165, 1.54) is 5.46 Å². The van der Waals surface area contributed by atoms with Crippen molar-refractivity contribution in [2.24, 2.45) is 0 Å². The van der Waals surface area contributed by atoms with Gasteiger partial charge in [-0.3, -0.25) is 0 Å². The number of fused-ring (bicyclic) bond motifs is 4. The first-order valence-electron chi connectivity index (χ1n) is 24.1. The molecular formula is C66H43BCl2N2. The Bertz CT molecular complexity index is 3410. The van der Waals surface area contributed by atoms with E-state index in [9.17, 15) is 0 Å². The standard InChI is InChI=1S/C66H43BCl2N2/c68-52-34-36-58-62(42-52)70(65-54(46-24-11-3-12-25-46)38-50(44-20-7-1-8-21-44)39-55(65)47-26-13-4-14-27-47)60-32-19-33-61-64(60)67(58)59-37-35-53(69)43-63(59)71(61)66-56(48-28-15-5-16-29-48)40-51(45-22-9-2-10-23-45)41-57(66)49-30-17-6-18-31-49/h1-43H. The summed E-state index contributed by atoms with van der Waals surface area (Å²) >= 11 is 14.4. The second-order valence-corrected chi connectivity index (χ2v) is 19.1. The lowest BCUT2D eigenvalue weighted by Crippen LogP contribution is -2.61. The number of hydrogen-bond acceptors (Lipinski definition) is 2. The van der Waals surface area contributed by atoms with E-state index in [1.54, 1.807) is 0 Å². The van der Waals surface area contributed by atoms with Gasteiger partial charge in [0.1, 0.15) is 0 Å². The number of hydrogen-bond donors (Lipinski definition) is 0. The van der Waals surface area contributed by atoms with Crippen LogP contribution in [0.2, 0.25) is 10.0 Å². The molecule has 334 valence electrons. The van der Waals surface area contributed by atoms with Gasteiger partial charge in [-0.15, -0.1) is 0 Å². The molecule has 0 bridgehead atoms. The van der Waals surface area contributed by atoms with E-state index in [1.807, 2.05) is 12.1 Å². The normalized spacial score (nSPS) is 12.3. The van der Waals surface area contributed by atoms with Crippen molar-refractivity contribution in [1.29, 1.82) is 0 Å². The summed E-state index contributed by atoms with van der Waals surface area (Å²) in [5.41, 5.74) is 23.4. The maximum absolute atomic E-state index is 7.19. The highest BCUT2D eigenvalue weighted by molar-refractivity contribution is 7.00. The van der Waals surface area contributed by atoms with Gasteiger partial charge in [-0.2, -0.15) is 0 Å². The zero-order valence-corrected chi connectivity index (χ0v) is 40.1. The number of halogens is 2. The Morgan fingerprint density at radius 3 is 0.859 bits per heavy atom. The molecule has 0 fully saturated rings. The molecule has 2 aliphatic rings. The molecular weight excluding hydrogens is 902 g/mol. The molecule has 2 heterocycles. The zero-order chi connectivity index (χ0) is 47.4. The van der Waals surface area contributed by atoms with E-state index in [-0.39, 0.29) is 6.71 Å². The van der Waals surface area contributed by atoms with Crippen molar-refractivity contribution in [1.82, 2.24) is 0 Å². The monoisotopic (exact) mass is 944 g/mol. The third kappa shape index (κ3) is 7.45. The SMILES string of the molecule is Clc1ccc2c(c1)N(c1c(-c3ccccc3)cc(-c3ccccc3)cc1-c1ccccc1)c1cccc3c1B2c1ccc(Cl)cc1N3c1c(-c2ccccc2)cc(-c2ccccc2)cc1-c1ccccc1. The lowest BCUT2D eigenvalue weighted by Gasteiger charge is -2.45. The number of rotatable bonds is 8. The second-order valence-electron chi connectivity index (χ2n) is 18.3. The summed E-state index contributed by atoms with van der Waals surface area (Å²) in [6.07, 6.45) is 0. The summed E-state index contributed by atoms with van der Waals surface area (Å²) in [5, 5.41) is 1.34. The molecule has 11 aromatic rings. The van der Waals surface area contributed by atoms with Gasteiger partial charge >= 0.3 is 0 Å². The van der Waals surface area contributed by atoms with Crippen LogP contribution in [0.25, 0.3) is 66.8 Å². The Kier molecular flexibility index (Phi) is 10.8. The topological polar surface area (TPSA) is 6.48 Å². The highest BCUT2D eigenvalue weighted by atomic mass is 35.5. The number of benzene rings is 11. The summed E-state index contributed by atoms with van der Waals surface area (Å²) < 4.78 is 0. The van der Waals surface area contributed by atoms with E-state index < -0.39 is 0 Å². The molecule has 0 radical (unpaired) electrons. The van der Waals surface area contributed by atoms with Crippen LogP contribution in [0.4, 0.5) is 34.1 Å². The molecule has 11 aromatic carbocycles. The van der Waals surface area contributed by atoms with Gasteiger partial charge in [-0.25, -0.2) is 0 Å². The Hall–Kier alpha value is -8.34. The highest BCUT2D eigenvalue weighted by Crippen LogP contribution is 2.54. The van der Waals surface area contributed by atoms with Crippen molar-refractivity contribution < 1.29 is 0 Å². The molecule has 2 nitrogen and oxygen atoms in total. The molecule has 0 saturated carbocycles. The number of nitrogens with zero attached hydrogens (tertiary/aromatic N) is 2. The molecule has 5 heteroatoms. The van der Waals surface area contributed by atoms with Gasteiger partial charge in [0.15, 0.2) is 0 Å². The largest absolute Gasteiger partial charge is 0.310 e. The van der Waals surface area contributed by atoms with Crippen molar-refractivity contribution in [3.05, 3.63) is 271 Å². The molecule has 0 spiro atoms. The first kappa shape index (κ1) is 42.7. The van der Waals surface area contributed by atoms with Crippen molar-refractivity contribution in [3.63, 3.8) is 0 Å². The van der Waals surface area contributed by atoms with Gasteiger partial charge in [-0.05, 0) is 122 Å². The minimum atomic E-state index is -0.152. The Balaban J connectivity index is 1.16. The summed E-state index contributed by atoms with van der Waals surface area (Å²) in [6.45, 7) is -0.152. The summed E-state index contributed by atoms with van der Waals surface area (Å²) in [5.74, 6) is 0. The van der Waals surface area contributed by atoms with Crippen LogP contribution in [0, 0.1) is 0 Å². The molecule has 0 saturated heterocycles. The van der Waals surface area contributed by atoms with Gasteiger partial charge in [0.05, 0.1) is 11.4 Å². The van der Waals surface area contributed by atoms with E-state index >= 15 is 0 Å². The average molecular weight is 946 g/mol. The minimum absolute atomic E-state index is 0.152. The highest BCUT2D eigenvalue weighted by Gasteiger charge is 2.45. The lowest BCUT2D eigenvalue weighted by molar-refractivity contribution is 1.25. The molecule has 0 atom stereocenters. The average Bonchev–Trinajstić information content (AvgIpc) is 3.44. The quantitative estimate of drug-likeness (QED) is 0.140. The van der Waals surface area contributed by atoms with E-state index in [0.717, 1.165) is 112 Å². The first-order chi connectivity index (χ1) is 35.1. The fourth-order valence-corrected chi connectivity index (χ4v) is 11.4. The van der Waals surface area contributed by atoms with Crippen LogP contribution in [0.1, 0.15) is 0 Å². The molecule has 0 N–H and O–H groups in total. The second kappa shape index (κ2) is 17.9. The minimum Gasteiger partial charge on any atom is -0.310 e. The summed E-state index contributed by atoms with van der Waals surface area (Å²) in [4.78, 5) is 5.01. The van der Waals surface area contributed by atoms with E-state index in [4.69, 9.17) is 23.2 Å². The summed E-state index contributed by atoms with van der Waals surface area (Å²) in [6, 6.07) is 93.9. The molecule has 13 rings (SSSR count). The molecule has 0 amide bonds. The lowest BCUT2D eigenvalue weighted by atomic mass is 9.33. The predicted molar refractivity (Wildman–Crippen MR) is 303 cm³/mol. The maximum atomic E-state index is 7.19. The van der Waals surface area contributed by atoms with Crippen LogP contribution in [0.15, 0.2) is 261 Å². The Labute approximate surface area is 425 Å². The maximum Gasteiger partial charge on any atom is 0.252 e. The Morgan fingerprint density at radius 2 is 0.549 bits per heavy atom. The number of anilines is 6. The molecule has 0 aliphatic carbocycles. The van der Waals surface area contributed by atoms with E-state index in [0.29, 0.717) is 10.0 Å². The third-order valence-corrected chi connectivity index (χ3v) is 14.6. The van der Waals surface area contributed by atoms with Crippen LogP contribution in [0.3, 0.4) is 0 Å². The van der Waals surface area contributed by atoms with Crippen LogP contribution in [-0.4, -0.2) is 6.71 Å². The first-order valence-corrected chi connectivity index (χ1v) is 24.8. The molecule has 71 heavy (non-hydrogen) atoms. The Morgan fingerprint density at radius 1 is 0.254 bits per heavy atom. The van der Waals surface area contributed by atoms with E-state index in [2.05, 4.69) is 259 Å². The van der Waals surface area contributed by atoms with Gasteiger partial charge in [0.25, 0.3) is 6.71 Å². The van der Waals surface area contributed by atoms with Crippen LogP contribution in [-0.2, 0) is 0 Å². The van der Waals surface area contributed by atoms with Crippen molar-refractivity contribution in [2.75, 3.05) is 9.80 Å². The van der Waals surface area contributed by atoms with Crippen molar-refractivity contribution >= 4 is 80.4 Å². The molecule has 2 aliphatic heterocycles. The smallest absolute Gasteiger partial charge is 0.252 e. The van der Waals surface area contributed by atoms with Crippen molar-refractivity contribution in [2.45, 2.75) is 0 Å². The van der Waals surface area contributed by atoms with Crippen molar-refractivity contribution in [3.8, 4) is 66.8 Å². The van der Waals surface area contributed by atoms with Crippen LogP contribution in [0.5, 0.6) is 0 Å². The molecule has 0 unspecified atom stereocenters. The van der Waals surface area contributed by atoms with Crippen LogP contribution < -0.4 is 26.2 Å².